The summed E-state index contributed by atoms with van der Waals surface area (Å²) in [5.74, 6) is -0.662. The highest BCUT2D eigenvalue weighted by Crippen LogP contribution is 2.29. The number of nitrogens with two attached hydrogens (primary N) is 1. The molecule has 7 nitrogen and oxygen atoms in total. The van der Waals surface area contributed by atoms with E-state index >= 15 is 0 Å². The van der Waals surface area contributed by atoms with E-state index in [1.54, 1.807) is 42.2 Å². The zero-order chi connectivity index (χ0) is 24.0. The molecule has 3 aromatic heterocycles. The fraction of sp³-hybridized carbons (Fsp3) is 0.320. The molecule has 0 saturated carbocycles. The van der Waals surface area contributed by atoms with Crippen molar-refractivity contribution in [3.05, 3.63) is 77.5 Å². The Hall–Kier alpha value is -3.43. The number of rotatable bonds is 4. The molecule has 0 bridgehead atoms. The lowest BCUT2D eigenvalue weighted by atomic mass is 9.92. The topological polar surface area (TPSA) is 92.6 Å². The number of halogens is 2. The first kappa shape index (κ1) is 22.4. The van der Waals surface area contributed by atoms with Crippen molar-refractivity contribution in [1.29, 1.82) is 0 Å². The Morgan fingerprint density at radius 1 is 1.12 bits per heavy atom. The largest absolute Gasteiger partial charge is 0.391 e. The SMILES string of the molecule is Cc1cc(F)c(-c2ccc3cnc(Cc4cnccc4N4C[C@@H](N)[C@H](O)[C@@H](C)C4)n3n2)c(F)c1. The smallest absolute Gasteiger partial charge is 0.135 e. The predicted octanol–water partition coefficient (Wildman–Crippen LogP) is 3.11. The summed E-state index contributed by atoms with van der Waals surface area (Å²) in [5.41, 5.74) is 9.31. The Balaban J connectivity index is 1.51. The van der Waals surface area contributed by atoms with Gasteiger partial charge in [0.15, 0.2) is 0 Å². The van der Waals surface area contributed by atoms with Crippen molar-refractivity contribution in [2.75, 3.05) is 18.0 Å². The first-order valence-electron chi connectivity index (χ1n) is 11.2. The molecule has 176 valence electrons. The maximum Gasteiger partial charge on any atom is 0.135 e. The molecule has 0 aliphatic carbocycles. The molecule has 0 amide bonds. The van der Waals surface area contributed by atoms with Gasteiger partial charge in [-0.15, -0.1) is 0 Å². The Morgan fingerprint density at radius 2 is 1.88 bits per heavy atom. The summed E-state index contributed by atoms with van der Waals surface area (Å²) in [6.45, 7) is 4.82. The van der Waals surface area contributed by atoms with Crippen LogP contribution in [0.2, 0.25) is 0 Å². The van der Waals surface area contributed by atoms with E-state index < -0.39 is 17.7 Å². The second-order valence-corrected chi connectivity index (χ2v) is 9.05. The minimum absolute atomic E-state index is 0.0283. The Morgan fingerprint density at radius 3 is 2.62 bits per heavy atom. The molecule has 1 aliphatic rings. The third kappa shape index (κ3) is 4.01. The van der Waals surface area contributed by atoms with Crippen LogP contribution in [-0.2, 0) is 6.42 Å². The number of nitrogens with zero attached hydrogens (tertiary/aromatic N) is 5. The molecular weight excluding hydrogens is 438 g/mol. The number of hydrogen-bond acceptors (Lipinski definition) is 6. The number of piperidine rings is 1. The van der Waals surface area contributed by atoms with Crippen LogP contribution in [0, 0.1) is 24.5 Å². The van der Waals surface area contributed by atoms with Crippen LogP contribution in [0.3, 0.4) is 0 Å². The maximum absolute atomic E-state index is 14.6. The Kier molecular flexibility index (Phi) is 5.75. The fourth-order valence-corrected chi connectivity index (χ4v) is 4.68. The van der Waals surface area contributed by atoms with Gasteiger partial charge in [-0.2, -0.15) is 5.10 Å². The van der Waals surface area contributed by atoms with E-state index in [0.29, 0.717) is 36.4 Å². The van der Waals surface area contributed by atoms with Crippen molar-refractivity contribution in [1.82, 2.24) is 19.6 Å². The van der Waals surface area contributed by atoms with E-state index in [4.69, 9.17) is 5.73 Å². The highest BCUT2D eigenvalue weighted by atomic mass is 19.1. The number of imidazole rings is 1. The average Bonchev–Trinajstić information content (AvgIpc) is 3.19. The molecule has 5 rings (SSSR count). The summed E-state index contributed by atoms with van der Waals surface area (Å²) in [6.07, 6.45) is 5.06. The number of anilines is 1. The fourth-order valence-electron chi connectivity index (χ4n) is 4.68. The van der Waals surface area contributed by atoms with Crippen LogP contribution in [0.5, 0.6) is 0 Å². The van der Waals surface area contributed by atoms with Crippen LogP contribution in [0.1, 0.15) is 23.9 Å². The molecule has 0 spiro atoms. The van der Waals surface area contributed by atoms with Crippen LogP contribution < -0.4 is 10.6 Å². The molecule has 9 heteroatoms. The number of hydrogen-bond donors (Lipinski definition) is 2. The van der Waals surface area contributed by atoms with Crippen molar-refractivity contribution in [3.63, 3.8) is 0 Å². The second kappa shape index (κ2) is 8.73. The summed E-state index contributed by atoms with van der Waals surface area (Å²) in [6, 6.07) is 7.51. The van der Waals surface area contributed by atoms with Gasteiger partial charge in [0.05, 0.1) is 29.1 Å². The molecule has 34 heavy (non-hydrogen) atoms. The van der Waals surface area contributed by atoms with E-state index in [9.17, 15) is 13.9 Å². The molecule has 0 radical (unpaired) electrons. The zero-order valence-corrected chi connectivity index (χ0v) is 19.0. The molecule has 1 saturated heterocycles. The average molecular weight is 465 g/mol. The highest BCUT2D eigenvalue weighted by Gasteiger charge is 2.31. The molecule has 1 aromatic carbocycles. The number of benzene rings is 1. The molecule has 4 heterocycles. The van der Waals surface area contributed by atoms with Crippen molar-refractivity contribution in [2.24, 2.45) is 11.7 Å². The number of pyridine rings is 1. The lowest BCUT2D eigenvalue weighted by Gasteiger charge is -2.40. The highest BCUT2D eigenvalue weighted by molar-refractivity contribution is 5.63. The van der Waals surface area contributed by atoms with Gasteiger partial charge in [-0.25, -0.2) is 18.3 Å². The predicted molar refractivity (Wildman–Crippen MR) is 125 cm³/mol. The summed E-state index contributed by atoms with van der Waals surface area (Å²) in [5, 5.41) is 14.8. The van der Waals surface area contributed by atoms with Crippen LogP contribution >= 0.6 is 0 Å². The van der Waals surface area contributed by atoms with Gasteiger partial charge in [0.1, 0.15) is 17.5 Å². The first-order chi connectivity index (χ1) is 16.3. The molecular formula is C25H26F2N6O. The Labute approximate surface area is 195 Å². The van der Waals surface area contributed by atoms with Gasteiger partial charge in [0.2, 0.25) is 0 Å². The van der Waals surface area contributed by atoms with Crippen LogP contribution in [0.4, 0.5) is 14.5 Å². The number of aliphatic hydroxyl groups excluding tert-OH is 1. The molecule has 1 aliphatic heterocycles. The van der Waals surface area contributed by atoms with Crippen LogP contribution in [-0.4, -0.2) is 49.9 Å². The van der Waals surface area contributed by atoms with Gasteiger partial charge >= 0.3 is 0 Å². The lowest BCUT2D eigenvalue weighted by Crippen LogP contribution is -2.55. The van der Waals surface area contributed by atoms with E-state index in [2.05, 4.69) is 20.0 Å². The quantitative estimate of drug-likeness (QED) is 0.482. The minimum Gasteiger partial charge on any atom is -0.391 e. The van der Waals surface area contributed by atoms with E-state index in [1.807, 2.05) is 13.0 Å². The molecule has 1 fully saturated rings. The number of aryl methyl sites for hydroxylation is 1. The first-order valence-corrected chi connectivity index (χ1v) is 11.2. The van der Waals surface area contributed by atoms with Gasteiger partial charge in [0.25, 0.3) is 0 Å². The summed E-state index contributed by atoms with van der Waals surface area (Å²) < 4.78 is 30.8. The normalized spacial score (nSPS) is 20.8. The molecule has 0 unspecified atom stereocenters. The van der Waals surface area contributed by atoms with Gasteiger partial charge in [-0.1, -0.05) is 6.92 Å². The van der Waals surface area contributed by atoms with Crippen LogP contribution in [0.15, 0.2) is 48.9 Å². The number of fused-ring (bicyclic) bond motifs is 1. The summed E-state index contributed by atoms with van der Waals surface area (Å²) in [7, 11) is 0. The van der Waals surface area contributed by atoms with Gasteiger partial charge in [0, 0.05) is 55.1 Å². The van der Waals surface area contributed by atoms with Crippen LogP contribution in [0.25, 0.3) is 16.8 Å². The van der Waals surface area contributed by atoms with Crippen molar-refractivity contribution < 1.29 is 13.9 Å². The number of aliphatic hydroxyl groups is 1. The van der Waals surface area contributed by atoms with E-state index in [-0.39, 0.29) is 23.2 Å². The summed E-state index contributed by atoms with van der Waals surface area (Å²) in [4.78, 5) is 11.0. The van der Waals surface area contributed by atoms with Gasteiger partial charge in [-0.05, 0) is 42.8 Å². The standard InChI is InChI=1S/C25H26F2N6O/c1-14-7-18(26)24(19(27)8-14)21-4-3-17-11-30-23(33(17)31-21)9-16-10-29-6-5-22(16)32-12-15(2)25(34)20(28)13-32/h3-8,10-11,15,20,25,34H,9,12-13,28H2,1-2H3/t15-,20+,25+/m0/s1. The maximum atomic E-state index is 14.6. The van der Waals surface area contributed by atoms with E-state index in [1.165, 1.54) is 12.1 Å². The van der Waals surface area contributed by atoms with E-state index in [0.717, 1.165) is 11.3 Å². The zero-order valence-electron chi connectivity index (χ0n) is 19.0. The second-order valence-electron chi connectivity index (χ2n) is 9.05. The summed E-state index contributed by atoms with van der Waals surface area (Å²) >= 11 is 0. The lowest BCUT2D eigenvalue weighted by molar-refractivity contribution is 0.0784. The molecule has 3 atom stereocenters. The molecule has 3 N–H and O–H groups in total. The van der Waals surface area contributed by atoms with Crippen molar-refractivity contribution >= 4 is 11.2 Å². The Bertz CT molecular complexity index is 1320. The third-order valence-corrected chi connectivity index (χ3v) is 6.43. The van der Waals surface area contributed by atoms with Gasteiger partial charge in [-0.3, -0.25) is 4.98 Å². The van der Waals surface area contributed by atoms with Gasteiger partial charge < -0.3 is 15.7 Å². The van der Waals surface area contributed by atoms with Crippen molar-refractivity contribution in [3.8, 4) is 11.3 Å². The minimum atomic E-state index is -0.654. The van der Waals surface area contributed by atoms with Crippen molar-refractivity contribution in [2.45, 2.75) is 32.4 Å². The monoisotopic (exact) mass is 464 g/mol. The molecule has 4 aromatic rings. The third-order valence-electron chi connectivity index (χ3n) is 6.43. The number of aromatic nitrogens is 4.